The predicted molar refractivity (Wildman–Crippen MR) is 68.1 cm³/mol. The summed E-state index contributed by atoms with van der Waals surface area (Å²) in [6.07, 6.45) is 0.647. The van der Waals surface area contributed by atoms with Gasteiger partial charge in [0.2, 0.25) is 10.0 Å². The largest absolute Gasteiger partial charge is 0.389 e. The number of sulfonamides is 1. The van der Waals surface area contributed by atoms with Crippen molar-refractivity contribution in [3.05, 3.63) is 29.8 Å². The Hall–Kier alpha value is -1.14. The summed E-state index contributed by atoms with van der Waals surface area (Å²) in [4.78, 5) is 0.220. The second-order valence-corrected chi connectivity index (χ2v) is 6.08. The van der Waals surface area contributed by atoms with E-state index in [1.807, 2.05) is 0 Å². The number of anilines is 1. The molecule has 0 radical (unpaired) electrons. The Balaban J connectivity index is 2.52. The average Bonchev–Trinajstić information content (AvgIpc) is 2.58. The van der Waals surface area contributed by atoms with E-state index in [9.17, 15) is 8.42 Å². The van der Waals surface area contributed by atoms with Crippen LogP contribution >= 0.6 is 12.2 Å². The summed E-state index contributed by atoms with van der Waals surface area (Å²) >= 11 is 4.92. The van der Waals surface area contributed by atoms with Crippen molar-refractivity contribution < 1.29 is 8.42 Å². The van der Waals surface area contributed by atoms with E-state index in [-0.39, 0.29) is 10.7 Å². The third-order valence-corrected chi connectivity index (χ3v) is 4.61. The van der Waals surface area contributed by atoms with Crippen molar-refractivity contribution in [1.29, 1.82) is 0 Å². The molecule has 1 aromatic rings. The van der Waals surface area contributed by atoms with Crippen LogP contribution in [0.2, 0.25) is 0 Å². The Morgan fingerprint density at radius 3 is 2.62 bits per heavy atom. The highest BCUT2D eigenvalue weighted by atomic mass is 32.2. The van der Waals surface area contributed by atoms with Crippen LogP contribution in [-0.2, 0) is 10.0 Å². The fourth-order valence-electron chi connectivity index (χ4n) is 1.81. The van der Waals surface area contributed by atoms with E-state index in [0.29, 0.717) is 24.2 Å². The van der Waals surface area contributed by atoms with Gasteiger partial charge in [-0.05, 0) is 18.6 Å². The summed E-state index contributed by atoms with van der Waals surface area (Å²) in [7, 11) is -3.18. The van der Waals surface area contributed by atoms with Gasteiger partial charge in [0.15, 0.2) is 0 Å². The van der Waals surface area contributed by atoms with E-state index in [0.717, 1.165) is 0 Å². The fraction of sp³-hybridized carbons (Fsp3) is 0.300. The molecule has 1 aromatic carbocycles. The maximum absolute atomic E-state index is 11.8. The number of benzene rings is 1. The van der Waals surface area contributed by atoms with Crippen molar-refractivity contribution in [3.63, 3.8) is 0 Å². The van der Waals surface area contributed by atoms with Crippen LogP contribution in [0, 0.1) is 0 Å². The third-order valence-electron chi connectivity index (χ3n) is 2.54. The van der Waals surface area contributed by atoms with E-state index in [4.69, 9.17) is 18.0 Å². The third kappa shape index (κ3) is 1.90. The van der Waals surface area contributed by atoms with Gasteiger partial charge in [-0.3, -0.25) is 4.31 Å². The topological polar surface area (TPSA) is 63.4 Å². The highest BCUT2D eigenvalue weighted by molar-refractivity contribution is 7.93. The molecule has 1 aliphatic heterocycles. The molecule has 1 fully saturated rings. The van der Waals surface area contributed by atoms with Crippen LogP contribution in [-0.4, -0.2) is 25.7 Å². The zero-order valence-electron chi connectivity index (χ0n) is 8.59. The number of hydrogen-bond acceptors (Lipinski definition) is 3. The maximum atomic E-state index is 11.8. The molecule has 1 saturated heterocycles. The van der Waals surface area contributed by atoms with Crippen molar-refractivity contribution in [2.75, 3.05) is 16.6 Å². The van der Waals surface area contributed by atoms with Crippen LogP contribution in [0.15, 0.2) is 24.3 Å². The van der Waals surface area contributed by atoms with Crippen LogP contribution in [0.25, 0.3) is 0 Å². The Bertz CT molecular complexity index is 525. The molecule has 2 rings (SSSR count). The standard InChI is InChI=1S/C10H12N2O2S2/c11-10(15)8-4-1-2-5-9(8)12-6-3-7-16(12,13)14/h1-2,4-5H,3,6-7H2,(H2,11,15). The lowest BCUT2D eigenvalue weighted by molar-refractivity contribution is 0.599. The van der Waals surface area contributed by atoms with E-state index in [2.05, 4.69) is 0 Å². The van der Waals surface area contributed by atoms with E-state index in [1.54, 1.807) is 24.3 Å². The van der Waals surface area contributed by atoms with Crippen molar-refractivity contribution in [1.82, 2.24) is 0 Å². The second kappa shape index (κ2) is 4.03. The van der Waals surface area contributed by atoms with E-state index in [1.165, 1.54) is 4.31 Å². The SMILES string of the molecule is NC(=S)c1ccccc1N1CCCS1(=O)=O. The Labute approximate surface area is 100 Å². The highest BCUT2D eigenvalue weighted by Crippen LogP contribution is 2.27. The molecule has 16 heavy (non-hydrogen) atoms. The number of hydrogen-bond donors (Lipinski definition) is 1. The lowest BCUT2D eigenvalue weighted by atomic mass is 10.2. The molecule has 4 nitrogen and oxygen atoms in total. The number of nitrogens with zero attached hydrogens (tertiary/aromatic N) is 1. The molecule has 0 amide bonds. The van der Waals surface area contributed by atoms with Crippen molar-refractivity contribution in [2.45, 2.75) is 6.42 Å². The summed E-state index contributed by atoms with van der Waals surface area (Å²) in [5.41, 5.74) is 6.78. The van der Waals surface area contributed by atoms with Gasteiger partial charge in [-0.25, -0.2) is 8.42 Å². The number of thiocarbonyl (C=S) groups is 1. The summed E-state index contributed by atoms with van der Waals surface area (Å²) < 4.78 is 24.9. The van der Waals surface area contributed by atoms with Gasteiger partial charge in [-0.1, -0.05) is 24.4 Å². The fourth-order valence-corrected chi connectivity index (χ4v) is 3.56. The predicted octanol–water partition coefficient (Wildman–Crippen LogP) is 0.861. The Morgan fingerprint density at radius 2 is 2.06 bits per heavy atom. The molecule has 2 N–H and O–H groups in total. The minimum atomic E-state index is -3.18. The Kier molecular flexibility index (Phi) is 2.86. The zero-order valence-corrected chi connectivity index (χ0v) is 10.2. The molecular formula is C10H12N2O2S2. The Morgan fingerprint density at radius 1 is 1.38 bits per heavy atom. The normalized spacial score (nSPS) is 18.6. The average molecular weight is 256 g/mol. The lowest BCUT2D eigenvalue weighted by Gasteiger charge is -2.19. The van der Waals surface area contributed by atoms with Gasteiger partial charge in [0.05, 0.1) is 11.4 Å². The van der Waals surface area contributed by atoms with Crippen LogP contribution in [0.3, 0.4) is 0 Å². The molecule has 0 spiro atoms. The molecule has 0 atom stereocenters. The maximum Gasteiger partial charge on any atom is 0.235 e. The summed E-state index contributed by atoms with van der Waals surface area (Å²) in [5.74, 6) is 0.193. The number of rotatable bonds is 2. The molecule has 1 heterocycles. The van der Waals surface area contributed by atoms with Gasteiger partial charge in [0, 0.05) is 12.1 Å². The molecule has 6 heteroatoms. The first-order valence-electron chi connectivity index (χ1n) is 4.91. The van der Waals surface area contributed by atoms with Gasteiger partial charge in [-0.15, -0.1) is 0 Å². The van der Waals surface area contributed by atoms with Gasteiger partial charge < -0.3 is 5.73 Å². The van der Waals surface area contributed by atoms with Gasteiger partial charge in [-0.2, -0.15) is 0 Å². The van der Waals surface area contributed by atoms with Crippen LogP contribution in [0.1, 0.15) is 12.0 Å². The highest BCUT2D eigenvalue weighted by Gasteiger charge is 2.30. The first-order valence-corrected chi connectivity index (χ1v) is 6.93. The molecule has 0 bridgehead atoms. The first kappa shape index (κ1) is 11.3. The molecule has 86 valence electrons. The minimum Gasteiger partial charge on any atom is -0.389 e. The molecular weight excluding hydrogens is 244 g/mol. The minimum absolute atomic E-state index is 0.193. The molecule has 0 aliphatic carbocycles. The monoisotopic (exact) mass is 256 g/mol. The van der Waals surface area contributed by atoms with E-state index < -0.39 is 10.0 Å². The van der Waals surface area contributed by atoms with Gasteiger partial charge in [0.25, 0.3) is 0 Å². The summed E-state index contributed by atoms with van der Waals surface area (Å²) in [5, 5.41) is 0. The summed E-state index contributed by atoms with van der Waals surface area (Å²) in [6.45, 7) is 0.502. The quantitative estimate of drug-likeness (QED) is 0.797. The van der Waals surface area contributed by atoms with Crippen LogP contribution in [0.5, 0.6) is 0 Å². The van der Waals surface area contributed by atoms with Crippen molar-refractivity contribution in [3.8, 4) is 0 Å². The molecule has 1 aliphatic rings. The molecule has 0 aromatic heterocycles. The zero-order chi connectivity index (χ0) is 11.8. The van der Waals surface area contributed by atoms with Crippen molar-refractivity contribution in [2.24, 2.45) is 5.73 Å². The second-order valence-electron chi connectivity index (χ2n) is 3.62. The molecule has 0 unspecified atom stereocenters. The number of nitrogens with two attached hydrogens (primary N) is 1. The van der Waals surface area contributed by atoms with Crippen LogP contribution in [0.4, 0.5) is 5.69 Å². The lowest BCUT2D eigenvalue weighted by Crippen LogP contribution is -2.27. The van der Waals surface area contributed by atoms with Gasteiger partial charge in [0.1, 0.15) is 4.99 Å². The number of para-hydroxylation sites is 1. The van der Waals surface area contributed by atoms with Crippen LogP contribution < -0.4 is 10.0 Å². The smallest absolute Gasteiger partial charge is 0.235 e. The van der Waals surface area contributed by atoms with Crippen molar-refractivity contribution >= 4 is 32.9 Å². The first-order chi connectivity index (χ1) is 7.52. The van der Waals surface area contributed by atoms with Gasteiger partial charge >= 0.3 is 0 Å². The summed E-state index contributed by atoms with van der Waals surface area (Å²) in [6, 6.07) is 7.05. The molecule has 0 saturated carbocycles. The van der Waals surface area contributed by atoms with E-state index >= 15 is 0 Å².